The molecule has 0 unspecified atom stereocenters. The van der Waals surface area contributed by atoms with Crippen LogP contribution >= 0.6 is 15.9 Å². The van der Waals surface area contributed by atoms with Crippen LogP contribution < -0.4 is 9.47 Å². The van der Waals surface area contributed by atoms with Gasteiger partial charge in [0.05, 0.1) is 14.2 Å². The molecule has 0 radical (unpaired) electrons. The molecule has 1 aromatic heterocycles. The number of halogens is 1. The number of ether oxygens (including phenoxy) is 2. The van der Waals surface area contributed by atoms with Crippen molar-refractivity contribution < 1.29 is 18.7 Å². The zero-order valence-corrected chi connectivity index (χ0v) is 15.8. The second-order valence-corrected chi connectivity index (χ2v) is 6.56. The summed E-state index contributed by atoms with van der Waals surface area (Å²) in [4.78, 5) is 14.3. The van der Waals surface area contributed by atoms with E-state index in [-0.39, 0.29) is 5.91 Å². The molecule has 5 nitrogen and oxygen atoms in total. The van der Waals surface area contributed by atoms with Crippen LogP contribution in [0, 0.1) is 0 Å². The maximum atomic E-state index is 12.6. The van der Waals surface area contributed by atoms with Gasteiger partial charge in [0.2, 0.25) is 0 Å². The zero-order valence-electron chi connectivity index (χ0n) is 14.2. The molecule has 3 aromatic rings. The molecule has 0 atom stereocenters. The summed E-state index contributed by atoms with van der Waals surface area (Å²) in [5, 5.41) is 0.886. The Hall–Kier alpha value is -2.47. The molecule has 3 rings (SSSR count). The average Bonchev–Trinajstić information content (AvgIpc) is 3.03. The third-order valence-corrected chi connectivity index (χ3v) is 4.40. The minimum absolute atomic E-state index is 0.179. The van der Waals surface area contributed by atoms with Crippen molar-refractivity contribution in [3.63, 3.8) is 0 Å². The van der Waals surface area contributed by atoms with Gasteiger partial charge in [0, 0.05) is 23.5 Å². The summed E-state index contributed by atoms with van der Waals surface area (Å²) in [6.07, 6.45) is 0. The Kier molecular flexibility index (Phi) is 4.99. The highest BCUT2D eigenvalue weighted by Gasteiger charge is 2.18. The zero-order chi connectivity index (χ0) is 18.0. The second kappa shape index (κ2) is 7.19. The fourth-order valence-electron chi connectivity index (χ4n) is 2.63. The van der Waals surface area contributed by atoms with Crippen LogP contribution in [0.4, 0.5) is 0 Å². The number of fused-ring (bicyclic) bond motifs is 1. The molecule has 6 heteroatoms. The number of carbonyl (C=O) groups excluding carboxylic acids is 1. The number of amides is 1. The number of hydrogen-bond acceptors (Lipinski definition) is 4. The third-order valence-electron chi connectivity index (χ3n) is 3.90. The highest BCUT2D eigenvalue weighted by molar-refractivity contribution is 9.10. The average molecular weight is 404 g/mol. The summed E-state index contributed by atoms with van der Waals surface area (Å²) < 4.78 is 17.1. The molecule has 2 aromatic carbocycles. The van der Waals surface area contributed by atoms with Crippen LogP contribution in [-0.4, -0.2) is 32.1 Å². The molecule has 0 saturated heterocycles. The molecule has 1 heterocycles. The van der Waals surface area contributed by atoms with Crippen molar-refractivity contribution in [3.8, 4) is 11.5 Å². The minimum atomic E-state index is -0.179. The predicted octanol–water partition coefficient (Wildman–Crippen LogP) is 4.48. The van der Waals surface area contributed by atoms with E-state index in [1.807, 2.05) is 36.4 Å². The van der Waals surface area contributed by atoms with Gasteiger partial charge in [0.1, 0.15) is 5.58 Å². The van der Waals surface area contributed by atoms with Gasteiger partial charge >= 0.3 is 0 Å². The maximum absolute atomic E-state index is 12.6. The van der Waals surface area contributed by atoms with Gasteiger partial charge in [0.25, 0.3) is 5.91 Å². The van der Waals surface area contributed by atoms with Gasteiger partial charge in [-0.2, -0.15) is 0 Å². The minimum Gasteiger partial charge on any atom is -0.493 e. The van der Waals surface area contributed by atoms with Gasteiger partial charge in [0.15, 0.2) is 17.3 Å². The third kappa shape index (κ3) is 3.64. The molecule has 1 amide bonds. The van der Waals surface area contributed by atoms with Crippen molar-refractivity contribution in [2.45, 2.75) is 6.54 Å². The normalized spacial score (nSPS) is 10.7. The summed E-state index contributed by atoms with van der Waals surface area (Å²) in [5.74, 6) is 1.43. The number of methoxy groups -OCH3 is 2. The Morgan fingerprint density at radius 1 is 1.08 bits per heavy atom. The molecule has 0 saturated carbocycles. The van der Waals surface area contributed by atoms with E-state index in [4.69, 9.17) is 13.9 Å². The summed E-state index contributed by atoms with van der Waals surface area (Å²) >= 11 is 3.42. The Bertz CT molecular complexity index is 919. The topological polar surface area (TPSA) is 51.9 Å². The molecule has 0 aliphatic heterocycles. The second-order valence-electron chi connectivity index (χ2n) is 5.64. The first-order valence-corrected chi connectivity index (χ1v) is 8.46. The lowest BCUT2D eigenvalue weighted by atomic mass is 10.2. The fourth-order valence-corrected chi connectivity index (χ4v) is 3.01. The van der Waals surface area contributed by atoms with Gasteiger partial charge in [-0.05, 0) is 42.0 Å². The van der Waals surface area contributed by atoms with Crippen molar-refractivity contribution in [2.24, 2.45) is 0 Å². The molecular weight excluding hydrogens is 386 g/mol. The highest BCUT2D eigenvalue weighted by atomic mass is 79.9. The Morgan fingerprint density at radius 2 is 1.84 bits per heavy atom. The number of benzene rings is 2. The summed E-state index contributed by atoms with van der Waals surface area (Å²) in [6, 6.07) is 13.0. The van der Waals surface area contributed by atoms with E-state index in [1.165, 1.54) is 0 Å². The van der Waals surface area contributed by atoms with Gasteiger partial charge in [-0.25, -0.2) is 0 Å². The molecule has 130 valence electrons. The van der Waals surface area contributed by atoms with E-state index in [1.54, 1.807) is 32.2 Å². The van der Waals surface area contributed by atoms with Crippen LogP contribution in [0.25, 0.3) is 11.0 Å². The first kappa shape index (κ1) is 17.4. The van der Waals surface area contributed by atoms with Gasteiger partial charge in [-0.3, -0.25) is 4.79 Å². The molecular formula is C19H18BrNO4. The lowest BCUT2D eigenvalue weighted by Gasteiger charge is -2.17. The number of rotatable bonds is 5. The van der Waals surface area contributed by atoms with E-state index in [0.717, 1.165) is 15.4 Å². The van der Waals surface area contributed by atoms with E-state index >= 15 is 0 Å². The monoisotopic (exact) mass is 403 g/mol. The van der Waals surface area contributed by atoms with Crippen molar-refractivity contribution in [2.75, 3.05) is 21.3 Å². The Morgan fingerprint density at radius 3 is 2.56 bits per heavy atom. The van der Waals surface area contributed by atoms with Crippen LogP contribution in [0.3, 0.4) is 0 Å². The van der Waals surface area contributed by atoms with Crippen LogP contribution in [0.5, 0.6) is 11.5 Å². The quantitative estimate of drug-likeness (QED) is 0.629. The Balaban J connectivity index is 1.79. The molecule has 0 fully saturated rings. The summed E-state index contributed by atoms with van der Waals surface area (Å²) in [7, 11) is 4.91. The molecule has 0 spiro atoms. The van der Waals surface area contributed by atoms with Crippen molar-refractivity contribution in [1.29, 1.82) is 0 Å². The van der Waals surface area contributed by atoms with Crippen LogP contribution in [-0.2, 0) is 6.54 Å². The Labute approximate surface area is 154 Å². The molecule has 25 heavy (non-hydrogen) atoms. The standard InChI is InChI=1S/C19H18BrNO4/c1-21(11-12-4-6-16(23-2)17(8-12)24-3)19(22)18-10-13-9-14(20)5-7-15(13)25-18/h4-10H,11H2,1-3H3. The predicted molar refractivity (Wildman–Crippen MR) is 99.3 cm³/mol. The van der Waals surface area contributed by atoms with E-state index in [2.05, 4.69) is 15.9 Å². The van der Waals surface area contributed by atoms with Crippen molar-refractivity contribution >= 4 is 32.8 Å². The number of nitrogens with zero attached hydrogens (tertiary/aromatic N) is 1. The largest absolute Gasteiger partial charge is 0.493 e. The first-order chi connectivity index (χ1) is 12.0. The summed E-state index contributed by atoms with van der Waals surface area (Å²) in [6.45, 7) is 0.430. The smallest absolute Gasteiger partial charge is 0.289 e. The SMILES string of the molecule is COc1ccc(CN(C)C(=O)c2cc3cc(Br)ccc3o2)cc1OC. The van der Waals surface area contributed by atoms with Gasteiger partial charge in [-0.1, -0.05) is 22.0 Å². The highest BCUT2D eigenvalue weighted by Crippen LogP contribution is 2.28. The fraction of sp³-hybridized carbons (Fsp3) is 0.211. The molecule has 0 aliphatic carbocycles. The van der Waals surface area contributed by atoms with Crippen molar-refractivity contribution in [1.82, 2.24) is 4.90 Å². The maximum Gasteiger partial charge on any atom is 0.289 e. The van der Waals surface area contributed by atoms with E-state index < -0.39 is 0 Å². The molecule has 0 N–H and O–H groups in total. The van der Waals surface area contributed by atoms with Crippen LogP contribution in [0.15, 0.2) is 51.4 Å². The molecule has 0 aliphatic rings. The lowest BCUT2D eigenvalue weighted by molar-refractivity contribution is 0.0755. The van der Waals surface area contributed by atoms with Gasteiger partial charge in [-0.15, -0.1) is 0 Å². The molecule has 0 bridgehead atoms. The van der Waals surface area contributed by atoms with E-state index in [0.29, 0.717) is 29.4 Å². The number of hydrogen-bond donors (Lipinski definition) is 0. The number of furan rings is 1. The van der Waals surface area contributed by atoms with E-state index in [9.17, 15) is 4.79 Å². The summed E-state index contributed by atoms with van der Waals surface area (Å²) in [5.41, 5.74) is 1.62. The number of carbonyl (C=O) groups is 1. The van der Waals surface area contributed by atoms with Crippen LogP contribution in [0.2, 0.25) is 0 Å². The lowest BCUT2D eigenvalue weighted by Crippen LogP contribution is -2.25. The first-order valence-electron chi connectivity index (χ1n) is 7.67. The van der Waals surface area contributed by atoms with Crippen molar-refractivity contribution in [3.05, 3.63) is 58.3 Å². The van der Waals surface area contributed by atoms with Gasteiger partial charge < -0.3 is 18.8 Å². The van der Waals surface area contributed by atoms with Crippen LogP contribution in [0.1, 0.15) is 16.1 Å².